The first-order chi connectivity index (χ1) is 1.73. The largest absolute Gasteiger partial charge is 0.631 e. The van der Waals surface area contributed by atoms with E-state index >= 15 is 0 Å². The first-order valence-corrected chi connectivity index (χ1v) is 0.775. The molecule has 0 aliphatic carbocycles. The zero-order valence-electron chi connectivity index (χ0n) is 2.75. The summed E-state index contributed by atoms with van der Waals surface area (Å²) in [6.45, 7) is 0. The Kier molecular flexibility index (Phi) is 24.3. The van der Waals surface area contributed by atoms with Crippen LogP contribution in [0.25, 0.3) is 0 Å². The van der Waals surface area contributed by atoms with Gasteiger partial charge >= 0.3 is 7.32 Å². The maximum absolute atomic E-state index is 7.17. The molecule has 1 radical (unpaired) electrons. The molecule has 4 nitrogen and oxygen atoms in total. The van der Waals surface area contributed by atoms with E-state index in [1.165, 1.54) is 0 Å². The van der Waals surface area contributed by atoms with Gasteiger partial charge < -0.3 is 20.5 Å². The fourth-order valence-corrected chi connectivity index (χ4v) is 0. The van der Waals surface area contributed by atoms with Gasteiger partial charge in [-0.3, -0.25) is 0 Å². The quantitative estimate of drug-likeness (QED) is 0.314. The summed E-state index contributed by atoms with van der Waals surface area (Å²) in [5.74, 6) is 0. The number of hydrogen-bond acceptors (Lipinski definition) is 3. The molecule has 6 heavy (non-hydrogen) atoms. The van der Waals surface area contributed by atoms with Crippen LogP contribution in [0.2, 0.25) is 0 Å². The van der Waals surface area contributed by atoms with Gasteiger partial charge in [0.25, 0.3) is 0 Å². The van der Waals surface area contributed by atoms with Gasteiger partial charge in [0.1, 0.15) is 0 Å². The topological polar surface area (TPSA) is 92.2 Å². The van der Waals surface area contributed by atoms with E-state index in [1.54, 1.807) is 0 Å². The first-order valence-electron chi connectivity index (χ1n) is 0.775. The third-order valence-corrected chi connectivity index (χ3v) is 0. The van der Waals surface area contributed by atoms with Crippen molar-refractivity contribution < 1.29 is 37.3 Å². The smallest absolute Gasteiger partial charge is 0.412 e. The monoisotopic (exact) mass is 139 g/mol. The fraction of sp³-hybridized carbons (Fsp3) is 0. The zero-order valence-corrected chi connectivity index (χ0v) is 3.79. The van der Waals surface area contributed by atoms with Gasteiger partial charge in [0, 0.05) is 16.8 Å². The molecule has 0 aliphatic rings. The number of rotatable bonds is 0. The zero-order chi connectivity index (χ0) is 3.58. The van der Waals surface area contributed by atoms with Gasteiger partial charge in [-0.25, -0.2) is 0 Å². The summed E-state index contributed by atoms with van der Waals surface area (Å²) in [4.78, 5) is 0. The van der Waals surface area contributed by atoms with E-state index in [1.807, 2.05) is 0 Å². The minimum atomic E-state index is -2.17. The van der Waals surface area contributed by atoms with E-state index in [0.717, 1.165) is 0 Å². The molecule has 0 aromatic heterocycles. The Labute approximate surface area is 45.5 Å². The van der Waals surface area contributed by atoms with Crippen molar-refractivity contribution in [2.45, 2.75) is 0 Å². The van der Waals surface area contributed by atoms with Crippen molar-refractivity contribution in [1.82, 2.24) is 0 Å². The Morgan fingerprint density at radius 1 is 1.00 bits per heavy atom. The van der Waals surface area contributed by atoms with Crippen molar-refractivity contribution in [2.24, 2.45) is 0 Å². The summed E-state index contributed by atoms with van der Waals surface area (Å²) < 4.78 is 0. The van der Waals surface area contributed by atoms with E-state index in [9.17, 15) is 0 Å². The van der Waals surface area contributed by atoms with Crippen molar-refractivity contribution in [1.29, 1.82) is 0 Å². The molecule has 0 aromatic rings. The number of hydrogen-bond donors (Lipinski definition) is 3. The third-order valence-electron chi connectivity index (χ3n) is 0. The average molecular weight is 139 g/mol. The molecule has 0 aromatic carbocycles. The van der Waals surface area contributed by atoms with Gasteiger partial charge in [-0.1, -0.05) is 0 Å². The molecule has 6 heteroatoms. The minimum absolute atomic E-state index is 0. The molecule has 0 unspecified atom stereocenters. The van der Waals surface area contributed by atoms with Crippen LogP contribution in [0.5, 0.6) is 0 Å². The Bertz CT molecular complexity index is 12.3. The average Bonchev–Trinajstić information content (AvgIpc) is 0.811. The van der Waals surface area contributed by atoms with Gasteiger partial charge in [-0.2, -0.15) is 0 Å². The Morgan fingerprint density at radius 2 is 1.00 bits per heavy atom. The molecule has 0 fully saturated rings. The molecule has 0 amide bonds. The van der Waals surface area contributed by atoms with E-state index < -0.39 is 7.32 Å². The molecule has 0 saturated heterocycles. The summed E-state index contributed by atoms with van der Waals surface area (Å²) in [5, 5.41) is 21.5. The van der Waals surface area contributed by atoms with Crippen LogP contribution in [-0.4, -0.2) is 27.9 Å². The molecule has 41 valence electrons. The molecule has 0 aliphatic heterocycles. The molecule has 0 bridgehead atoms. The van der Waals surface area contributed by atoms with E-state index in [4.69, 9.17) is 15.1 Å². The summed E-state index contributed by atoms with van der Waals surface area (Å²) >= 11 is 0. The van der Waals surface area contributed by atoms with Gasteiger partial charge in [0.15, 0.2) is 0 Å². The second-order valence-corrected chi connectivity index (χ2v) is 0.346. The minimum Gasteiger partial charge on any atom is -0.412 e. The first kappa shape index (κ1) is 16.1. The molecule has 0 atom stereocenters. The van der Waals surface area contributed by atoms with Crippen LogP contribution in [0.4, 0.5) is 0 Å². The van der Waals surface area contributed by atoms with Gasteiger partial charge in [-0.15, -0.1) is 0 Å². The Morgan fingerprint density at radius 3 is 1.00 bits per heavy atom. The van der Waals surface area contributed by atoms with Gasteiger partial charge in [0.2, 0.25) is 0 Å². The van der Waals surface area contributed by atoms with Crippen LogP contribution in [0.3, 0.4) is 0 Å². The van der Waals surface area contributed by atoms with Crippen molar-refractivity contribution in [2.75, 3.05) is 0 Å². The van der Waals surface area contributed by atoms with Crippen LogP contribution in [0.15, 0.2) is 0 Å². The standard InChI is InChI=1S/BH3O3.Co.H2O/c2-1(3)4;;/h2-4H;;1H2. The van der Waals surface area contributed by atoms with Gasteiger partial charge in [-0.05, 0) is 0 Å². The van der Waals surface area contributed by atoms with Crippen LogP contribution in [0.1, 0.15) is 0 Å². The second-order valence-electron chi connectivity index (χ2n) is 0.346. The maximum Gasteiger partial charge on any atom is 0.631 e. The Balaban J connectivity index is -0.0000000450. The van der Waals surface area contributed by atoms with Crippen LogP contribution in [0, 0.1) is 0 Å². The summed E-state index contributed by atoms with van der Waals surface area (Å²) in [7, 11) is -2.17. The molecule has 5 N–H and O–H groups in total. The molecule has 0 spiro atoms. The predicted octanol–water partition coefficient (Wildman–Crippen LogP) is -2.88. The van der Waals surface area contributed by atoms with Gasteiger partial charge in [0.05, 0.1) is 0 Å². The van der Waals surface area contributed by atoms with Crippen LogP contribution < -0.4 is 0 Å². The predicted molar refractivity (Wildman–Crippen MR) is 16.0 cm³/mol. The van der Waals surface area contributed by atoms with Crippen molar-refractivity contribution in [3.05, 3.63) is 0 Å². The SMILES string of the molecule is O.OB(O)O.[Co]. The normalized spacial score (nSPS) is 4.50. The molecule has 0 rings (SSSR count). The summed E-state index contributed by atoms with van der Waals surface area (Å²) in [6.07, 6.45) is 0. The maximum atomic E-state index is 7.17. The molecular weight excluding hydrogens is 134 g/mol. The molecular formula is H5BCoO4. The van der Waals surface area contributed by atoms with E-state index in [0.29, 0.717) is 0 Å². The summed E-state index contributed by atoms with van der Waals surface area (Å²) in [5.41, 5.74) is 0. The van der Waals surface area contributed by atoms with Crippen molar-refractivity contribution >= 4 is 7.32 Å². The summed E-state index contributed by atoms with van der Waals surface area (Å²) in [6, 6.07) is 0. The van der Waals surface area contributed by atoms with Crippen LogP contribution >= 0.6 is 0 Å². The Hall–Kier alpha value is 0.411. The fourth-order valence-electron chi connectivity index (χ4n) is 0. The third kappa shape index (κ3) is 303. The molecule has 0 heterocycles. The van der Waals surface area contributed by atoms with Crippen molar-refractivity contribution in [3.63, 3.8) is 0 Å². The van der Waals surface area contributed by atoms with E-state index in [2.05, 4.69) is 0 Å². The van der Waals surface area contributed by atoms with Crippen LogP contribution in [-0.2, 0) is 16.8 Å². The van der Waals surface area contributed by atoms with E-state index in [-0.39, 0.29) is 22.3 Å². The second kappa shape index (κ2) is 9.05. The van der Waals surface area contributed by atoms with Crippen molar-refractivity contribution in [3.8, 4) is 0 Å². The molecule has 0 saturated carbocycles.